The first-order chi connectivity index (χ1) is 7.24. The van der Waals surface area contributed by atoms with Crippen molar-refractivity contribution >= 4 is 17.4 Å². The first kappa shape index (κ1) is 9.66. The first-order valence-corrected chi connectivity index (χ1v) is 4.47. The molecular weight excluding hydrogens is 220 g/mol. The number of aromatic nitrogens is 5. The van der Waals surface area contributed by atoms with E-state index in [0.29, 0.717) is 23.3 Å². The fourth-order valence-electron chi connectivity index (χ4n) is 0.967. The van der Waals surface area contributed by atoms with Crippen molar-refractivity contribution in [2.24, 2.45) is 0 Å². The highest BCUT2D eigenvalue weighted by atomic mass is 35.5. The summed E-state index contributed by atoms with van der Waals surface area (Å²) < 4.78 is 0. The number of rotatable bonds is 3. The molecule has 0 aliphatic heterocycles. The van der Waals surface area contributed by atoms with E-state index in [1.807, 2.05) is 0 Å². The topological polar surface area (TPSA) is 99.3 Å². The standard InChI is InChI=1S/C7H7ClN6O/c8-4-1-10-5(2-9-4)11-3-6-12-7(15)14-13-6/h1-2H,3H2,(H,10,11)(H2,12,13,14,15). The Bertz CT molecular complexity index is 489. The average Bonchev–Trinajstić information content (AvgIpc) is 2.64. The molecule has 0 saturated carbocycles. The molecule has 3 N–H and O–H groups in total. The minimum absolute atomic E-state index is 0.328. The van der Waals surface area contributed by atoms with E-state index in [1.54, 1.807) is 0 Å². The van der Waals surface area contributed by atoms with Crippen molar-refractivity contribution in [3.63, 3.8) is 0 Å². The van der Waals surface area contributed by atoms with Gasteiger partial charge in [-0.15, -0.1) is 0 Å². The Kier molecular flexibility index (Phi) is 2.64. The molecule has 2 heterocycles. The van der Waals surface area contributed by atoms with Crippen molar-refractivity contribution in [2.45, 2.75) is 6.54 Å². The van der Waals surface area contributed by atoms with Gasteiger partial charge in [0.15, 0.2) is 0 Å². The lowest BCUT2D eigenvalue weighted by atomic mass is 10.5. The van der Waals surface area contributed by atoms with E-state index in [-0.39, 0.29) is 5.69 Å². The van der Waals surface area contributed by atoms with E-state index >= 15 is 0 Å². The van der Waals surface area contributed by atoms with E-state index in [1.165, 1.54) is 12.4 Å². The molecule has 0 fully saturated rings. The number of halogens is 1. The summed E-state index contributed by atoms with van der Waals surface area (Å²) >= 11 is 5.57. The van der Waals surface area contributed by atoms with Crippen LogP contribution in [0.3, 0.4) is 0 Å². The van der Waals surface area contributed by atoms with E-state index in [0.717, 1.165) is 0 Å². The third kappa shape index (κ3) is 2.53. The fourth-order valence-corrected chi connectivity index (χ4v) is 1.06. The summed E-state index contributed by atoms with van der Waals surface area (Å²) in [7, 11) is 0. The minimum atomic E-state index is -0.339. The van der Waals surface area contributed by atoms with Crippen LogP contribution in [0.25, 0.3) is 0 Å². The summed E-state index contributed by atoms with van der Waals surface area (Å²) in [6.07, 6.45) is 2.92. The monoisotopic (exact) mass is 226 g/mol. The maximum Gasteiger partial charge on any atom is 0.340 e. The largest absolute Gasteiger partial charge is 0.361 e. The fraction of sp³-hybridized carbons (Fsp3) is 0.143. The summed E-state index contributed by atoms with van der Waals surface area (Å²) in [4.78, 5) is 21.0. The molecule has 2 rings (SSSR count). The lowest BCUT2D eigenvalue weighted by Gasteiger charge is -2.01. The van der Waals surface area contributed by atoms with Gasteiger partial charge in [0.1, 0.15) is 16.8 Å². The maximum absolute atomic E-state index is 10.7. The normalized spacial score (nSPS) is 10.2. The van der Waals surface area contributed by atoms with Crippen LogP contribution >= 0.6 is 11.6 Å². The van der Waals surface area contributed by atoms with Gasteiger partial charge in [0.2, 0.25) is 0 Å². The van der Waals surface area contributed by atoms with Crippen molar-refractivity contribution in [1.82, 2.24) is 25.1 Å². The van der Waals surface area contributed by atoms with E-state index in [9.17, 15) is 4.79 Å². The zero-order chi connectivity index (χ0) is 10.7. The zero-order valence-electron chi connectivity index (χ0n) is 7.49. The summed E-state index contributed by atoms with van der Waals surface area (Å²) in [5.74, 6) is 1.06. The molecule has 0 unspecified atom stereocenters. The van der Waals surface area contributed by atoms with E-state index in [2.05, 4.69) is 30.5 Å². The highest BCUT2D eigenvalue weighted by molar-refractivity contribution is 6.29. The van der Waals surface area contributed by atoms with E-state index < -0.39 is 0 Å². The van der Waals surface area contributed by atoms with Crippen LogP contribution in [-0.4, -0.2) is 25.1 Å². The quantitative estimate of drug-likeness (QED) is 0.692. The molecule has 0 aliphatic rings. The number of hydrogen-bond acceptors (Lipinski definition) is 5. The predicted octanol–water partition coefficient (Wildman–Crippen LogP) is 0.153. The van der Waals surface area contributed by atoms with Crippen LogP contribution in [0, 0.1) is 0 Å². The summed E-state index contributed by atoms with van der Waals surface area (Å²) in [5.41, 5.74) is -0.339. The van der Waals surface area contributed by atoms with Crippen LogP contribution in [0.5, 0.6) is 0 Å². The van der Waals surface area contributed by atoms with Gasteiger partial charge in [-0.25, -0.2) is 19.9 Å². The Balaban J connectivity index is 1.99. The third-order valence-electron chi connectivity index (χ3n) is 1.61. The molecule has 0 aliphatic carbocycles. The van der Waals surface area contributed by atoms with Gasteiger partial charge in [0, 0.05) is 0 Å². The average molecular weight is 227 g/mol. The van der Waals surface area contributed by atoms with Crippen LogP contribution in [0.2, 0.25) is 5.15 Å². The van der Waals surface area contributed by atoms with Gasteiger partial charge in [0.05, 0.1) is 18.9 Å². The molecule has 0 radical (unpaired) electrons. The number of H-pyrrole nitrogens is 2. The Morgan fingerprint density at radius 2 is 2.27 bits per heavy atom. The Labute approximate surface area is 88.9 Å². The molecule has 0 amide bonds. The van der Waals surface area contributed by atoms with E-state index in [4.69, 9.17) is 11.6 Å². The smallest absolute Gasteiger partial charge is 0.340 e. The molecule has 0 saturated heterocycles. The van der Waals surface area contributed by atoms with Crippen LogP contribution in [-0.2, 0) is 6.54 Å². The van der Waals surface area contributed by atoms with Gasteiger partial charge in [0.25, 0.3) is 0 Å². The third-order valence-corrected chi connectivity index (χ3v) is 1.80. The number of aromatic amines is 2. The van der Waals surface area contributed by atoms with Crippen LogP contribution in [0.15, 0.2) is 17.2 Å². The second-order valence-corrected chi connectivity index (χ2v) is 3.09. The SMILES string of the molecule is O=c1[nH]nc(CNc2cnc(Cl)cn2)[nH]1. The number of nitrogens with one attached hydrogen (secondary N) is 3. The van der Waals surface area contributed by atoms with Gasteiger partial charge in [-0.2, -0.15) is 5.10 Å². The molecule has 2 aromatic rings. The highest BCUT2D eigenvalue weighted by Gasteiger charge is 1.99. The molecule has 15 heavy (non-hydrogen) atoms. The second kappa shape index (κ2) is 4.09. The van der Waals surface area contributed by atoms with Crippen molar-refractivity contribution in [3.05, 3.63) is 33.9 Å². The van der Waals surface area contributed by atoms with Crippen LogP contribution in [0.1, 0.15) is 5.82 Å². The molecule has 0 atom stereocenters. The number of anilines is 1. The van der Waals surface area contributed by atoms with Gasteiger partial charge >= 0.3 is 5.69 Å². The Hall–Kier alpha value is -1.89. The lowest BCUT2D eigenvalue weighted by molar-refractivity contribution is 0.944. The minimum Gasteiger partial charge on any atom is -0.361 e. The lowest BCUT2D eigenvalue weighted by Crippen LogP contribution is -2.05. The van der Waals surface area contributed by atoms with Gasteiger partial charge in [-0.3, -0.25) is 4.98 Å². The summed E-state index contributed by atoms with van der Waals surface area (Å²) in [5, 5.41) is 9.22. The molecular formula is C7H7ClN6O. The number of hydrogen-bond donors (Lipinski definition) is 3. The summed E-state index contributed by atoms with van der Waals surface area (Å²) in [6.45, 7) is 0.356. The van der Waals surface area contributed by atoms with Crippen molar-refractivity contribution in [2.75, 3.05) is 5.32 Å². The van der Waals surface area contributed by atoms with Gasteiger partial charge in [-0.1, -0.05) is 11.6 Å². The van der Waals surface area contributed by atoms with Gasteiger partial charge in [-0.05, 0) is 0 Å². The molecule has 0 spiro atoms. The van der Waals surface area contributed by atoms with Crippen LogP contribution < -0.4 is 11.0 Å². The van der Waals surface area contributed by atoms with Crippen molar-refractivity contribution in [1.29, 1.82) is 0 Å². The summed E-state index contributed by atoms with van der Waals surface area (Å²) in [6, 6.07) is 0. The Morgan fingerprint density at radius 1 is 1.40 bits per heavy atom. The van der Waals surface area contributed by atoms with Crippen molar-refractivity contribution in [3.8, 4) is 0 Å². The first-order valence-electron chi connectivity index (χ1n) is 4.09. The Morgan fingerprint density at radius 3 is 2.87 bits per heavy atom. The van der Waals surface area contributed by atoms with Gasteiger partial charge < -0.3 is 5.32 Å². The highest BCUT2D eigenvalue weighted by Crippen LogP contribution is 2.05. The second-order valence-electron chi connectivity index (χ2n) is 2.70. The maximum atomic E-state index is 10.7. The zero-order valence-corrected chi connectivity index (χ0v) is 8.25. The van der Waals surface area contributed by atoms with Crippen LogP contribution in [0.4, 0.5) is 5.82 Å². The molecule has 7 nitrogen and oxygen atoms in total. The molecule has 78 valence electrons. The molecule has 8 heteroatoms. The number of nitrogens with zero attached hydrogens (tertiary/aromatic N) is 3. The molecule has 0 bridgehead atoms. The molecule has 0 aromatic carbocycles. The molecule has 2 aromatic heterocycles. The van der Waals surface area contributed by atoms with Crippen molar-refractivity contribution < 1.29 is 0 Å². The predicted molar refractivity (Wildman–Crippen MR) is 53.6 cm³/mol.